The van der Waals surface area contributed by atoms with Crippen LogP contribution in [0.1, 0.15) is 37.5 Å². The van der Waals surface area contributed by atoms with Crippen molar-refractivity contribution in [1.29, 1.82) is 5.26 Å². The monoisotopic (exact) mass is 229 g/mol. The van der Waals surface area contributed by atoms with Gasteiger partial charge in [-0.3, -0.25) is 0 Å². The lowest BCUT2D eigenvalue weighted by Gasteiger charge is -2.31. The molecule has 1 aromatic rings. The number of nitrogens with zero attached hydrogens (tertiary/aromatic N) is 1. The Hall–Kier alpha value is -1.33. The van der Waals surface area contributed by atoms with Crippen LogP contribution in [0.25, 0.3) is 0 Å². The lowest BCUT2D eigenvalue weighted by molar-refractivity contribution is -0.000886. The number of nitriles is 1. The summed E-state index contributed by atoms with van der Waals surface area (Å²) in [6.45, 7) is 4.22. The summed E-state index contributed by atoms with van der Waals surface area (Å²) in [7, 11) is 1.77. The first kappa shape index (κ1) is 12.1. The molecule has 0 aliphatic heterocycles. The minimum Gasteiger partial charge on any atom is -0.376 e. The van der Waals surface area contributed by atoms with Gasteiger partial charge in [0.15, 0.2) is 0 Å². The Morgan fingerprint density at radius 2 is 2.24 bits per heavy atom. The van der Waals surface area contributed by atoms with Crippen LogP contribution in [-0.2, 0) is 11.2 Å². The molecule has 0 radical (unpaired) electrons. The van der Waals surface area contributed by atoms with Gasteiger partial charge in [0, 0.05) is 18.4 Å². The Balaban J connectivity index is 2.31. The van der Waals surface area contributed by atoms with Crippen LogP contribution >= 0.6 is 0 Å². The van der Waals surface area contributed by atoms with E-state index in [-0.39, 0.29) is 17.4 Å². The molecule has 0 amide bonds. The molecule has 0 saturated heterocycles. The smallest absolute Gasteiger partial charge is 0.0880 e. The van der Waals surface area contributed by atoms with Crippen LogP contribution in [0.4, 0.5) is 0 Å². The summed E-state index contributed by atoms with van der Waals surface area (Å²) in [6, 6.07) is 10.8. The Kier molecular flexibility index (Phi) is 3.22. The third-order valence-electron chi connectivity index (χ3n) is 3.79. The van der Waals surface area contributed by atoms with E-state index >= 15 is 0 Å². The number of methoxy groups -OCH3 is 1. The van der Waals surface area contributed by atoms with Crippen LogP contribution in [-0.4, -0.2) is 7.11 Å². The average molecular weight is 229 g/mol. The molecule has 0 saturated carbocycles. The van der Waals surface area contributed by atoms with Crippen LogP contribution in [0.3, 0.4) is 0 Å². The van der Waals surface area contributed by atoms with Gasteiger partial charge in [-0.05, 0) is 30.9 Å². The van der Waals surface area contributed by atoms with Crippen LogP contribution in [0.15, 0.2) is 24.3 Å². The third-order valence-corrected chi connectivity index (χ3v) is 3.79. The van der Waals surface area contributed by atoms with E-state index in [1.807, 2.05) is 6.92 Å². The number of benzene rings is 1. The molecule has 0 fully saturated rings. The highest BCUT2D eigenvalue weighted by Crippen LogP contribution is 2.50. The summed E-state index contributed by atoms with van der Waals surface area (Å²) >= 11 is 0. The van der Waals surface area contributed by atoms with Crippen LogP contribution in [0.5, 0.6) is 0 Å². The zero-order valence-corrected chi connectivity index (χ0v) is 10.7. The minimum atomic E-state index is 0.0492. The zero-order chi connectivity index (χ0) is 12.5. The number of hydrogen-bond acceptors (Lipinski definition) is 2. The van der Waals surface area contributed by atoms with Gasteiger partial charge in [-0.1, -0.05) is 31.2 Å². The van der Waals surface area contributed by atoms with Gasteiger partial charge in [-0.2, -0.15) is 5.26 Å². The Bertz CT molecular complexity index is 448. The van der Waals surface area contributed by atoms with E-state index in [4.69, 9.17) is 10.00 Å². The summed E-state index contributed by atoms with van der Waals surface area (Å²) < 4.78 is 5.69. The van der Waals surface area contributed by atoms with Crippen molar-refractivity contribution >= 4 is 0 Å². The summed E-state index contributed by atoms with van der Waals surface area (Å²) in [5.41, 5.74) is 2.71. The SMILES string of the molecule is COC1c2ccccc2CC1(C)CC(C)C#N. The third kappa shape index (κ3) is 2.08. The van der Waals surface area contributed by atoms with E-state index in [0.29, 0.717) is 0 Å². The number of hydrogen-bond donors (Lipinski definition) is 0. The lowest BCUT2D eigenvalue weighted by Crippen LogP contribution is -2.25. The normalized spacial score (nSPS) is 28.5. The van der Waals surface area contributed by atoms with E-state index in [0.717, 1.165) is 12.8 Å². The second kappa shape index (κ2) is 4.50. The van der Waals surface area contributed by atoms with E-state index in [1.54, 1.807) is 7.11 Å². The maximum Gasteiger partial charge on any atom is 0.0880 e. The molecular formula is C15H19NO. The molecule has 2 rings (SSSR count). The predicted molar refractivity (Wildman–Crippen MR) is 67.4 cm³/mol. The summed E-state index contributed by atoms with van der Waals surface area (Å²) in [6.07, 6.45) is 2.01. The van der Waals surface area contributed by atoms with Crippen LogP contribution in [0, 0.1) is 22.7 Å². The van der Waals surface area contributed by atoms with Crippen LogP contribution in [0.2, 0.25) is 0 Å². The molecule has 3 atom stereocenters. The van der Waals surface area contributed by atoms with Crippen molar-refractivity contribution < 1.29 is 4.74 Å². The highest BCUT2D eigenvalue weighted by molar-refractivity contribution is 5.37. The molecule has 0 heterocycles. The van der Waals surface area contributed by atoms with Gasteiger partial charge < -0.3 is 4.74 Å². The first-order valence-electron chi connectivity index (χ1n) is 6.11. The number of fused-ring (bicyclic) bond motifs is 1. The fourth-order valence-corrected chi connectivity index (χ4v) is 3.19. The summed E-state index contributed by atoms with van der Waals surface area (Å²) in [4.78, 5) is 0. The van der Waals surface area contributed by atoms with Crippen molar-refractivity contribution in [3.05, 3.63) is 35.4 Å². The molecule has 1 aliphatic rings. The first-order chi connectivity index (χ1) is 8.10. The van der Waals surface area contributed by atoms with E-state index < -0.39 is 0 Å². The second-order valence-electron chi connectivity index (χ2n) is 5.38. The maximum absolute atomic E-state index is 8.99. The molecule has 17 heavy (non-hydrogen) atoms. The van der Waals surface area contributed by atoms with Crippen molar-refractivity contribution in [2.45, 2.75) is 32.8 Å². The lowest BCUT2D eigenvalue weighted by atomic mass is 9.77. The standard InChI is InChI=1S/C15H19NO/c1-11(10-16)8-15(2)9-12-6-4-5-7-13(12)14(15)17-3/h4-7,11,14H,8-9H2,1-3H3. The molecule has 0 spiro atoms. The Morgan fingerprint density at radius 3 is 2.88 bits per heavy atom. The van der Waals surface area contributed by atoms with E-state index in [1.165, 1.54) is 11.1 Å². The molecule has 0 aromatic heterocycles. The van der Waals surface area contributed by atoms with Gasteiger partial charge in [-0.15, -0.1) is 0 Å². The summed E-state index contributed by atoms with van der Waals surface area (Å²) in [5.74, 6) is 0.0759. The molecule has 0 N–H and O–H groups in total. The van der Waals surface area contributed by atoms with E-state index in [2.05, 4.69) is 37.3 Å². The quantitative estimate of drug-likeness (QED) is 0.795. The topological polar surface area (TPSA) is 33.0 Å². The van der Waals surface area contributed by atoms with Gasteiger partial charge in [0.25, 0.3) is 0 Å². The van der Waals surface area contributed by atoms with Gasteiger partial charge in [-0.25, -0.2) is 0 Å². The van der Waals surface area contributed by atoms with Crippen molar-refractivity contribution in [2.24, 2.45) is 11.3 Å². The largest absolute Gasteiger partial charge is 0.376 e. The highest BCUT2D eigenvalue weighted by Gasteiger charge is 2.43. The molecule has 1 aromatic carbocycles. The molecular weight excluding hydrogens is 210 g/mol. The molecule has 1 aliphatic carbocycles. The molecule has 0 bridgehead atoms. The van der Waals surface area contributed by atoms with Gasteiger partial charge in [0.05, 0.1) is 12.2 Å². The average Bonchev–Trinajstić information content (AvgIpc) is 2.59. The van der Waals surface area contributed by atoms with Crippen molar-refractivity contribution in [3.8, 4) is 6.07 Å². The van der Waals surface area contributed by atoms with Crippen molar-refractivity contribution in [2.75, 3.05) is 7.11 Å². The Morgan fingerprint density at radius 1 is 1.53 bits per heavy atom. The van der Waals surface area contributed by atoms with Crippen molar-refractivity contribution in [3.63, 3.8) is 0 Å². The van der Waals surface area contributed by atoms with Gasteiger partial charge in [0.2, 0.25) is 0 Å². The van der Waals surface area contributed by atoms with Gasteiger partial charge in [0.1, 0.15) is 0 Å². The number of ether oxygens (including phenoxy) is 1. The van der Waals surface area contributed by atoms with E-state index in [9.17, 15) is 0 Å². The first-order valence-corrected chi connectivity index (χ1v) is 6.11. The highest BCUT2D eigenvalue weighted by atomic mass is 16.5. The maximum atomic E-state index is 8.99. The van der Waals surface area contributed by atoms with Crippen LogP contribution < -0.4 is 0 Å². The Labute approximate surface area is 103 Å². The predicted octanol–water partition coefficient (Wildman–Crippen LogP) is 3.49. The number of rotatable bonds is 3. The fraction of sp³-hybridized carbons (Fsp3) is 0.533. The second-order valence-corrected chi connectivity index (χ2v) is 5.38. The van der Waals surface area contributed by atoms with Gasteiger partial charge >= 0.3 is 0 Å². The zero-order valence-electron chi connectivity index (χ0n) is 10.7. The fourth-order valence-electron chi connectivity index (χ4n) is 3.19. The summed E-state index contributed by atoms with van der Waals surface area (Å²) in [5, 5.41) is 8.99. The molecule has 90 valence electrons. The van der Waals surface area contributed by atoms with Crippen molar-refractivity contribution in [1.82, 2.24) is 0 Å². The minimum absolute atomic E-state index is 0.0492. The molecule has 2 nitrogen and oxygen atoms in total. The molecule has 3 unspecified atom stereocenters. The molecule has 2 heteroatoms.